The topological polar surface area (TPSA) is 111 Å². The first-order valence-electron chi connectivity index (χ1n) is 12.0. The van der Waals surface area contributed by atoms with Crippen molar-refractivity contribution in [1.82, 2.24) is 4.90 Å². The van der Waals surface area contributed by atoms with Crippen molar-refractivity contribution < 1.29 is 24.2 Å². The third kappa shape index (κ3) is 6.45. The number of aromatic carboxylic acids is 1. The summed E-state index contributed by atoms with van der Waals surface area (Å²) in [5, 5.41) is 14.9. The monoisotopic (exact) mass is 502 g/mol. The van der Waals surface area contributed by atoms with E-state index in [0.29, 0.717) is 16.9 Å². The van der Waals surface area contributed by atoms with E-state index in [-0.39, 0.29) is 16.9 Å². The number of nitrogens with zero attached hydrogens (tertiary/aromatic N) is 2. The van der Waals surface area contributed by atoms with Gasteiger partial charge in [-0.05, 0) is 86.7 Å². The molecular formula is C28H30N4O5. The lowest BCUT2D eigenvalue weighted by Crippen LogP contribution is -2.28. The highest BCUT2D eigenvalue weighted by atomic mass is 16.5. The van der Waals surface area contributed by atoms with Crippen LogP contribution in [0.3, 0.4) is 0 Å². The number of anilines is 3. The molecule has 0 aliphatic carbocycles. The Bertz CT molecular complexity index is 1270. The van der Waals surface area contributed by atoms with Gasteiger partial charge < -0.3 is 30.3 Å². The van der Waals surface area contributed by atoms with E-state index in [9.17, 15) is 19.5 Å². The molecule has 0 spiro atoms. The van der Waals surface area contributed by atoms with Gasteiger partial charge in [0.05, 0.1) is 24.0 Å². The van der Waals surface area contributed by atoms with Crippen LogP contribution in [0.25, 0.3) is 0 Å². The van der Waals surface area contributed by atoms with Crippen LogP contribution in [0.2, 0.25) is 0 Å². The summed E-state index contributed by atoms with van der Waals surface area (Å²) < 4.78 is 5.12. The van der Waals surface area contributed by atoms with Gasteiger partial charge in [0.1, 0.15) is 5.75 Å². The molecule has 9 nitrogen and oxygen atoms in total. The maximum absolute atomic E-state index is 13.1. The molecule has 0 atom stereocenters. The first-order chi connectivity index (χ1) is 17.8. The molecule has 3 aromatic rings. The number of rotatable bonds is 7. The van der Waals surface area contributed by atoms with Crippen molar-refractivity contribution in [2.24, 2.45) is 0 Å². The molecule has 4 rings (SSSR count). The van der Waals surface area contributed by atoms with Crippen LogP contribution in [0.1, 0.15) is 37.5 Å². The molecule has 1 heterocycles. The zero-order valence-electron chi connectivity index (χ0n) is 20.9. The molecule has 0 saturated carbocycles. The summed E-state index contributed by atoms with van der Waals surface area (Å²) in [5.74, 6) is -1.35. The Morgan fingerprint density at radius 2 is 1.35 bits per heavy atom. The normalized spacial score (nSPS) is 13.9. The van der Waals surface area contributed by atoms with Gasteiger partial charge in [-0.3, -0.25) is 9.59 Å². The summed E-state index contributed by atoms with van der Waals surface area (Å²) >= 11 is 0. The Balaban J connectivity index is 1.51. The van der Waals surface area contributed by atoms with Crippen molar-refractivity contribution in [3.05, 3.63) is 83.4 Å². The second kappa shape index (κ2) is 11.6. The molecule has 0 radical (unpaired) electrons. The Kier molecular flexibility index (Phi) is 8.05. The molecule has 0 aromatic heterocycles. The Labute approximate surface area is 215 Å². The zero-order chi connectivity index (χ0) is 26.4. The van der Waals surface area contributed by atoms with Crippen LogP contribution < -0.4 is 20.3 Å². The van der Waals surface area contributed by atoms with E-state index in [1.165, 1.54) is 25.3 Å². The largest absolute Gasteiger partial charge is 0.497 e. The van der Waals surface area contributed by atoms with Crippen LogP contribution in [-0.4, -0.2) is 68.1 Å². The summed E-state index contributed by atoms with van der Waals surface area (Å²) in [4.78, 5) is 42.0. The second-order valence-electron chi connectivity index (χ2n) is 8.89. The molecule has 1 aliphatic rings. The number of nitrogens with one attached hydrogen (secondary N) is 2. The van der Waals surface area contributed by atoms with Crippen LogP contribution in [0.15, 0.2) is 66.7 Å². The predicted molar refractivity (Wildman–Crippen MR) is 143 cm³/mol. The van der Waals surface area contributed by atoms with Crippen LogP contribution in [-0.2, 0) is 0 Å². The van der Waals surface area contributed by atoms with Gasteiger partial charge in [-0.1, -0.05) is 0 Å². The highest BCUT2D eigenvalue weighted by molar-refractivity contribution is 6.10. The quantitative estimate of drug-likeness (QED) is 0.447. The number of amides is 2. The number of hydrogen-bond donors (Lipinski definition) is 3. The molecule has 3 N–H and O–H groups in total. The second-order valence-corrected chi connectivity index (χ2v) is 8.89. The molecular weight excluding hydrogens is 472 g/mol. The minimum atomic E-state index is -1.14. The van der Waals surface area contributed by atoms with E-state index in [1.54, 1.807) is 36.4 Å². The van der Waals surface area contributed by atoms with Gasteiger partial charge in [-0.25, -0.2) is 4.79 Å². The summed E-state index contributed by atoms with van der Waals surface area (Å²) in [6.45, 7) is 3.91. The van der Waals surface area contributed by atoms with E-state index >= 15 is 0 Å². The zero-order valence-corrected chi connectivity index (χ0v) is 20.9. The SMILES string of the molecule is COc1ccc(C(=O)Nc2ccc(C(=O)O)cc2NC(=O)c2ccc(N3CCCN(C)CC3)cc2)cc1. The van der Waals surface area contributed by atoms with Crippen LogP contribution in [0.4, 0.5) is 17.1 Å². The number of hydrogen-bond acceptors (Lipinski definition) is 6. The van der Waals surface area contributed by atoms with E-state index < -0.39 is 17.8 Å². The molecule has 1 saturated heterocycles. The number of carboxylic acids is 1. The van der Waals surface area contributed by atoms with Gasteiger partial charge >= 0.3 is 5.97 Å². The molecule has 9 heteroatoms. The highest BCUT2D eigenvalue weighted by Crippen LogP contribution is 2.26. The van der Waals surface area contributed by atoms with Gasteiger partial charge in [-0.2, -0.15) is 0 Å². The van der Waals surface area contributed by atoms with E-state index in [0.717, 1.165) is 38.3 Å². The van der Waals surface area contributed by atoms with E-state index in [2.05, 4.69) is 27.5 Å². The number of carboxylic acid groups (broad SMARTS) is 1. The molecule has 3 aromatic carbocycles. The fourth-order valence-corrected chi connectivity index (χ4v) is 4.15. The fraction of sp³-hybridized carbons (Fsp3) is 0.250. The number of ether oxygens (including phenoxy) is 1. The van der Waals surface area contributed by atoms with Crippen LogP contribution >= 0.6 is 0 Å². The highest BCUT2D eigenvalue weighted by Gasteiger charge is 2.17. The number of likely N-dealkylation sites (N-methyl/N-ethyl adjacent to an activating group) is 1. The van der Waals surface area contributed by atoms with Gasteiger partial charge in [0.25, 0.3) is 11.8 Å². The molecule has 0 bridgehead atoms. The summed E-state index contributed by atoms with van der Waals surface area (Å²) in [5.41, 5.74) is 2.31. The summed E-state index contributed by atoms with van der Waals surface area (Å²) in [7, 11) is 3.65. The van der Waals surface area contributed by atoms with Crippen molar-refractivity contribution in [3.63, 3.8) is 0 Å². The minimum Gasteiger partial charge on any atom is -0.497 e. The number of methoxy groups -OCH3 is 1. The number of carbonyl (C=O) groups is 3. The third-order valence-electron chi connectivity index (χ3n) is 6.33. The Morgan fingerprint density at radius 3 is 1.97 bits per heavy atom. The molecule has 37 heavy (non-hydrogen) atoms. The smallest absolute Gasteiger partial charge is 0.335 e. The summed E-state index contributed by atoms with van der Waals surface area (Å²) in [6.07, 6.45) is 1.07. The van der Waals surface area contributed by atoms with Crippen molar-refractivity contribution in [2.75, 3.05) is 55.9 Å². The third-order valence-corrected chi connectivity index (χ3v) is 6.33. The molecule has 1 aliphatic heterocycles. The van der Waals surface area contributed by atoms with Crippen molar-refractivity contribution in [1.29, 1.82) is 0 Å². The standard InChI is InChI=1S/C28H30N4O5/c1-31-14-3-15-32(17-16-31)22-9-4-19(5-10-22)27(34)30-25-18-21(28(35)36)8-13-24(25)29-26(33)20-6-11-23(37-2)12-7-20/h4-13,18H,3,14-17H2,1-2H3,(H,29,33)(H,30,34)(H,35,36). The maximum atomic E-state index is 13.1. The van der Waals surface area contributed by atoms with Crippen molar-refractivity contribution >= 4 is 34.8 Å². The van der Waals surface area contributed by atoms with Crippen molar-refractivity contribution in [2.45, 2.75) is 6.42 Å². The number of benzene rings is 3. The Morgan fingerprint density at radius 1 is 0.757 bits per heavy atom. The maximum Gasteiger partial charge on any atom is 0.335 e. The lowest BCUT2D eigenvalue weighted by Gasteiger charge is -2.23. The van der Waals surface area contributed by atoms with Crippen LogP contribution in [0, 0.1) is 0 Å². The van der Waals surface area contributed by atoms with Gasteiger partial charge in [0.2, 0.25) is 0 Å². The van der Waals surface area contributed by atoms with E-state index in [4.69, 9.17) is 4.74 Å². The molecule has 2 amide bonds. The van der Waals surface area contributed by atoms with Crippen molar-refractivity contribution in [3.8, 4) is 5.75 Å². The first-order valence-corrected chi connectivity index (χ1v) is 12.0. The van der Waals surface area contributed by atoms with Gasteiger partial charge in [0, 0.05) is 36.4 Å². The first kappa shape index (κ1) is 25.7. The minimum absolute atomic E-state index is 0.0146. The Hall–Kier alpha value is -4.37. The molecule has 0 unspecified atom stereocenters. The average Bonchev–Trinajstić information content (AvgIpc) is 3.14. The average molecular weight is 503 g/mol. The predicted octanol–water partition coefficient (Wildman–Crippen LogP) is 4.04. The fourth-order valence-electron chi connectivity index (χ4n) is 4.15. The number of carbonyl (C=O) groups excluding carboxylic acids is 2. The van der Waals surface area contributed by atoms with Crippen LogP contribution in [0.5, 0.6) is 5.75 Å². The lowest BCUT2D eigenvalue weighted by atomic mass is 10.1. The lowest BCUT2D eigenvalue weighted by molar-refractivity contribution is 0.0696. The molecule has 192 valence electrons. The molecule has 1 fully saturated rings. The van der Waals surface area contributed by atoms with E-state index in [1.807, 2.05) is 12.1 Å². The summed E-state index contributed by atoms with van der Waals surface area (Å²) in [6, 6.07) is 18.0. The van der Waals surface area contributed by atoms with Gasteiger partial charge in [-0.15, -0.1) is 0 Å². The van der Waals surface area contributed by atoms with Gasteiger partial charge in [0.15, 0.2) is 0 Å².